The third kappa shape index (κ3) is 2.64. The van der Waals surface area contributed by atoms with E-state index in [0.29, 0.717) is 56.2 Å². The molecule has 0 spiro atoms. The summed E-state index contributed by atoms with van der Waals surface area (Å²) in [5.41, 5.74) is 5.99. The van der Waals surface area contributed by atoms with Crippen LogP contribution >= 0.6 is 0 Å². The smallest absolute Gasteiger partial charge is 0.256 e. The van der Waals surface area contributed by atoms with E-state index in [-0.39, 0.29) is 0 Å². The Morgan fingerprint density at radius 3 is 1.33 bits per heavy atom. The van der Waals surface area contributed by atoms with Gasteiger partial charge < -0.3 is 14.4 Å². The minimum atomic E-state index is -0.529. The third-order valence-corrected chi connectivity index (χ3v) is 8.19. The first-order valence-electron chi connectivity index (χ1n) is 12.5. The van der Waals surface area contributed by atoms with Gasteiger partial charge in [0.2, 0.25) is 0 Å². The van der Waals surface area contributed by atoms with Gasteiger partial charge in [-0.2, -0.15) is 0 Å². The molecule has 5 aromatic rings. The molecule has 4 aliphatic rings. The normalized spacial score (nSPS) is 14.4. The maximum Gasteiger partial charge on any atom is 0.256 e. The van der Waals surface area contributed by atoms with Gasteiger partial charge in [0.1, 0.15) is 46.3 Å². The molecule has 4 heterocycles. The summed E-state index contributed by atoms with van der Waals surface area (Å²) in [6.07, 6.45) is 0. The monoisotopic (exact) mass is 517 g/mol. The molecule has 0 atom stereocenters. The highest BCUT2D eigenvalue weighted by molar-refractivity contribution is 7.03. The Labute approximate surface area is 220 Å². The molecule has 0 bridgehead atoms. The first-order valence-corrected chi connectivity index (χ1v) is 12.5. The largest absolute Gasteiger partial charge is 0.458 e. The van der Waals surface area contributed by atoms with Gasteiger partial charge in [-0.3, -0.25) is 0 Å². The van der Waals surface area contributed by atoms with Crippen LogP contribution in [0, 0.1) is 23.3 Å². The highest BCUT2D eigenvalue weighted by Crippen LogP contribution is 2.45. The highest BCUT2D eigenvalue weighted by atomic mass is 19.1. The lowest BCUT2D eigenvalue weighted by atomic mass is 9.29. The average Bonchev–Trinajstić information content (AvgIpc) is 2.92. The lowest BCUT2D eigenvalue weighted by molar-refractivity contribution is 0.464. The molecule has 5 aromatic carbocycles. The molecule has 0 fully saturated rings. The summed E-state index contributed by atoms with van der Waals surface area (Å²) in [6, 6.07) is 19.5. The summed E-state index contributed by atoms with van der Waals surface area (Å²) >= 11 is 0. The fourth-order valence-electron chi connectivity index (χ4n) is 6.78. The zero-order chi connectivity index (χ0) is 26.2. The van der Waals surface area contributed by atoms with Gasteiger partial charge in [0.05, 0.1) is 0 Å². The van der Waals surface area contributed by atoms with Crippen molar-refractivity contribution in [3.63, 3.8) is 0 Å². The van der Waals surface area contributed by atoms with Crippen molar-refractivity contribution in [1.82, 2.24) is 0 Å². The Balaban J connectivity index is 1.45. The van der Waals surface area contributed by atoms with Crippen LogP contribution in [-0.4, -0.2) is 13.4 Å². The van der Waals surface area contributed by atoms with Crippen LogP contribution in [0.3, 0.4) is 0 Å². The van der Waals surface area contributed by atoms with Crippen LogP contribution in [0.5, 0.6) is 23.0 Å². The number of ether oxygens (including phenoxy) is 2. The SMILES string of the molecule is Fc1ccc2c(c1)B1c3cc(F)ccc3N3c4ccc(F)cc4B4c5cc(F)ccc5Oc5cc(c1c3c54)O2. The molecular formula is C30H13B2F4NO2. The zero-order valence-corrected chi connectivity index (χ0v) is 19.9. The van der Waals surface area contributed by atoms with E-state index < -0.39 is 36.7 Å². The van der Waals surface area contributed by atoms with Gasteiger partial charge in [0.15, 0.2) is 0 Å². The number of hydrogen-bond donors (Lipinski definition) is 0. The van der Waals surface area contributed by atoms with Gasteiger partial charge in [-0.15, -0.1) is 0 Å². The van der Waals surface area contributed by atoms with Crippen molar-refractivity contribution in [1.29, 1.82) is 0 Å². The molecule has 0 amide bonds. The van der Waals surface area contributed by atoms with Gasteiger partial charge in [0.25, 0.3) is 13.4 Å². The lowest BCUT2D eigenvalue weighted by Gasteiger charge is -2.47. The summed E-state index contributed by atoms with van der Waals surface area (Å²) in [5, 5.41) is 0. The second-order valence-corrected chi connectivity index (χ2v) is 10.2. The molecule has 0 aromatic heterocycles. The molecule has 9 heteroatoms. The molecule has 3 nitrogen and oxygen atoms in total. The number of rotatable bonds is 0. The van der Waals surface area contributed by atoms with Crippen molar-refractivity contribution < 1.29 is 27.0 Å². The molecular weight excluding hydrogens is 504 g/mol. The first-order chi connectivity index (χ1) is 19.0. The van der Waals surface area contributed by atoms with Gasteiger partial charge >= 0.3 is 0 Å². The molecule has 39 heavy (non-hydrogen) atoms. The predicted octanol–water partition coefficient (Wildman–Crippen LogP) is 3.58. The van der Waals surface area contributed by atoms with E-state index in [0.717, 1.165) is 16.6 Å². The van der Waals surface area contributed by atoms with Crippen molar-refractivity contribution in [2.24, 2.45) is 0 Å². The van der Waals surface area contributed by atoms with Crippen LogP contribution in [0.1, 0.15) is 0 Å². The van der Waals surface area contributed by atoms with E-state index in [1.54, 1.807) is 30.3 Å². The Morgan fingerprint density at radius 1 is 0.462 bits per heavy atom. The minimum Gasteiger partial charge on any atom is -0.458 e. The quantitative estimate of drug-likeness (QED) is 0.227. The van der Waals surface area contributed by atoms with Crippen molar-refractivity contribution in [3.8, 4) is 23.0 Å². The molecule has 0 aliphatic carbocycles. The summed E-state index contributed by atoms with van der Waals surface area (Å²) in [5.74, 6) is 0.227. The zero-order valence-electron chi connectivity index (χ0n) is 19.9. The Morgan fingerprint density at radius 2 is 0.872 bits per heavy atom. The van der Waals surface area contributed by atoms with Crippen molar-refractivity contribution in [3.05, 3.63) is 102 Å². The number of anilines is 3. The molecule has 184 valence electrons. The Hall–Kier alpha value is -4.65. The standard InChI is InChI=1S/C30H13B2F4NO2/c33-14-1-5-22-18(9-14)31-20-11-16(35)3-7-24(20)38-26-13-27-29-30(28(26)31)37(22)23-6-2-15(34)10-19(23)32(29)21-12-17(36)4-8-25(21)39-27/h1-13H. The lowest BCUT2D eigenvalue weighted by Crippen LogP contribution is -2.67. The molecule has 0 radical (unpaired) electrons. The summed E-state index contributed by atoms with van der Waals surface area (Å²) in [6.45, 7) is -1.06. The number of benzene rings is 5. The Bertz CT molecular complexity index is 1830. The van der Waals surface area contributed by atoms with Gasteiger partial charge in [-0.25, -0.2) is 17.6 Å². The minimum absolute atomic E-state index is 0.428. The van der Waals surface area contributed by atoms with E-state index >= 15 is 0 Å². The first kappa shape index (κ1) is 21.3. The molecule has 0 unspecified atom stereocenters. The van der Waals surface area contributed by atoms with Crippen LogP contribution in [0.2, 0.25) is 0 Å². The van der Waals surface area contributed by atoms with E-state index in [9.17, 15) is 17.6 Å². The number of halogens is 4. The van der Waals surface area contributed by atoms with Crippen LogP contribution in [0.25, 0.3) is 0 Å². The fourth-order valence-corrected chi connectivity index (χ4v) is 6.78. The second kappa shape index (κ2) is 7.05. The molecule has 0 saturated carbocycles. The van der Waals surface area contributed by atoms with Gasteiger partial charge in [-0.1, -0.05) is 0 Å². The van der Waals surface area contributed by atoms with Crippen LogP contribution in [0.4, 0.5) is 34.6 Å². The van der Waals surface area contributed by atoms with Crippen LogP contribution in [0.15, 0.2) is 78.9 Å². The van der Waals surface area contributed by atoms with Gasteiger partial charge in [0, 0.05) is 23.1 Å². The fraction of sp³-hybridized carbons (Fsp3) is 0. The van der Waals surface area contributed by atoms with Crippen molar-refractivity contribution in [2.45, 2.75) is 0 Å². The topological polar surface area (TPSA) is 21.7 Å². The van der Waals surface area contributed by atoms with E-state index in [1.165, 1.54) is 48.5 Å². The van der Waals surface area contributed by atoms with Crippen molar-refractivity contribution in [2.75, 3.05) is 4.90 Å². The average molecular weight is 517 g/mol. The maximum absolute atomic E-state index is 14.8. The summed E-state index contributed by atoms with van der Waals surface area (Å²) < 4.78 is 71.4. The van der Waals surface area contributed by atoms with E-state index in [2.05, 4.69) is 0 Å². The molecule has 0 saturated heterocycles. The highest BCUT2D eigenvalue weighted by Gasteiger charge is 2.50. The summed E-state index contributed by atoms with van der Waals surface area (Å²) in [4.78, 5) is 1.97. The van der Waals surface area contributed by atoms with Gasteiger partial charge in [-0.05, 0) is 106 Å². The maximum atomic E-state index is 14.8. The summed E-state index contributed by atoms with van der Waals surface area (Å²) in [7, 11) is 0. The number of fused-ring (bicyclic) bond motifs is 10. The van der Waals surface area contributed by atoms with Crippen molar-refractivity contribution >= 4 is 63.3 Å². The van der Waals surface area contributed by atoms with Crippen LogP contribution < -0.4 is 47.2 Å². The number of nitrogens with zero attached hydrogens (tertiary/aromatic N) is 1. The molecule has 4 aliphatic heterocycles. The third-order valence-electron chi connectivity index (χ3n) is 8.19. The molecule has 9 rings (SSSR count). The molecule has 0 N–H and O–H groups in total. The van der Waals surface area contributed by atoms with Crippen LogP contribution in [-0.2, 0) is 0 Å². The Kier molecular flexibility index (Phi) is 3.85. The second-order valence-electron chi connectivity index (χ2n) is 10.2. The van der Waals surface area contributed by atoms with E-state index in [1.807, 2.05) is 4.90 Å². The van der Waals surface area contributed by atoms with E-state index in [4.69, 9.17) is 9.47 Å². The predicted molar refractivity (Wildman–Crippen MR) is 143 cm³/mol. The number of hydrogen-bond acceptors (Lipinski definition) is 3.